The van der Waals surface area contributed by atoms with E-state index in [-0.39, 0.29) is 0 Å². The maximum atomic E-state index is 5.03. The van der Waals surface area contributed by atoms with Crippen molar-refractivity contribution in [3.05, 3.63) is 40.0 Å². The number of aromatic nitrogens is 2. The Balaban J connectivity index is 1.81. The average Bonchev–Trinajstić information content (AvgIpc) is 2.93. The van der Waals surface area contributed by atoms with Crippen LogP contribution in [-0.2, 0) is 13.1 Å². The third kappa shape index (κ3) is 4.71. The largest absolute Gasteiger partial charge is 0.481 e. The molecule has 21 heavy (non-hydrogen) atoms. The summed E-state index contributed by atoms with van der Waals surface area (Å²) in [6.07, 6.45) is 3.66. The Morgan fingerprint density at radius 1 is 1.24 bits per heavy atom. The summed E-state index contributed by atoms with van der Waals surface area (Å²) in [4.78, 5) is 13.9. The number of ether oxygens (including phenoxy) is 1. The molecule has 0 atom stereocenters. The third-order valence-corrected chi connectivity index (χ3v) is 3.68. The molecule has 2 aromatic rings. The predicted octanol–water partition coefficient (Wildman–Crippen LogP) is 1.72. The van der Waals surface area contributed by atoms with Gasteiger partial charge in [0, 0.05) is 36.9 Å². The Morgan fingerprint density at radius 3 is 2.62 bits per heavy atom. The molecule has 7 heteroatoms. The van der Waals surface area contributed by atoms with E-state index in [0.29, 0.717) is 19.0 Å². The molecule has 2 aromatic heterocycles. The molecule has 0 spiro atoms. The minimum atomic E-state index is 0.611. The van der Waals surface area contributed by atoms with Gasteiger partial charge in [0.05, 0.1) is 13.7 Å². The number of hydrogen-bond acceptors (Lipinski definition) is 5. The molecule has 0 fully saturated rings. The lowest BCUT2D eigenvalue weighted by Gasteiger charge is -2.11. The van der Waals surface area contributed by atoms with Gasteiger partial charge in [0.1, 0.15) is 5.01 Å². The van der Waals surface area contributed by atoms with Crippen molar-refractivity contribution in [2.75, 3.05) is 14.2 Å². The second-order valence-electron chi connectivity index (χ2n) is 4.35. The second-order valence-corrected chi connectivity index (χ2v) is 5.67. The summed E-state index contributed by atoms with van der Waals surface area (Å²) in [5, 5.41) is 7.51. The number of pyridine rings is 1. The fraction of sp³-hybridized carbons (Fsp3) is 0.357. The normalized spacial score (nSPS) is 11.3. The summed E-state index contributed by atoms with van der Waals surface area (Å²) < 4.78 is 5.03. The molecule has 0 amide bonds. The quantitative estimate of drug-likeness (QED) is 0.650. The van der Waals surface area contributed by atoms with Crippen molar-refractivity contribution in [3.63, 3.8) is 0 Å². The highest BCUT2D eigenvalue weighted by Gasteiger charge is 2.02. The SMILES string of the molecule is CN=C(NCc1ccc(OC)nc1)NCc1ncc(C)s1. The van der Waals surface area contributed by atoms with Crippen LogP contribution in [-0.4, -0.2) is 30.1 Å². The molecule has 2 heterocycles. The summed E-state index contributed by atoms with van der Waals surface area (Å²) in [5.41, 5.74) is 1.06. The Labute approximate surface area is 128 Å². The maximum Gasteiger partial charge on any atom is 0.212 e. The first-order chi connectivity index (χ1) is 10.2. The van der Waals surface area contributed by atoms with Crippen LogP contribution in [0.25, 0.3) is 0 Å². The number of rotatable bonds is 5. The van der Waals surface area contributed by atoms with Crippen molar-refractivity contribution in [2.24, 2.45) is 4.99 Å². The highest BCUT2D eigenvalue weighted by molar-refractivity contribution is 7.11. The van der Waals surface area contributed by atoms with Crippen molar-refractivity contribution in [1.29, 1.82) is 0 Å². The fourth-order valence-electron chi connectivity index (χ4n) is 1.69. The second kappa shape index (κ2) is 7.58. The van der Waals surface area contributed by atoms with Crippen molar-refractivity contribution >= 4 is 17.3 Å². The van der Waals surface area contributed by atoms with Crippen LogP contribution in [0.3, 0.4) is 0 Å². The van der Waals surface area contributed by atoms with E-state index in [9.17, 15) is 0 Å². The Hall–Kier alpha value is -2.15. The summed E-state index contributed by atoms with van der Waals surface area (Å²) in [7, 11) is 3.35. The topological polar surface area (TPSA) is 71.4 Å². The smallest absolute Gasteiger partial charge is 0.212 e. The lowest BCUT2D eigenvalue weighted by Crippen LogP contribution is -2.36. The first-order valence-electron chi connectivity index (χ1n) is 6.56. The Kier molecular flexibility index (Phi) is 5.51. The molecule has 0 aliphatic carbocycles. The zero-order valence-electron chi connectivity index (χ0n) is 12.4. The van der Waals surface area contributed by atoms with E-state index in [2.05, 4.69) is 25.6 Å². The van der Waals surface area contributed by atoms with E-state index in [0.717, 1.165) is 16.5 Å². The average molecular weight is 305 g/mol. The van der Waals surface area contributed by atoms with E-state index < -0.39 is 0 Å². The zero-order valence-corrected chi connectivity index (χ0v) is 13.2. The van der Waals surface area contributed by atoms with E-state index in [4.69, 9.17) is 4.74 Å². The van der Waals surface area contributed by atoms with Gasteiger partial charge in [-0.15, -0.1) is 11.3 Å². The lowest BCUT2D eigenvalue weighted by molar-refractivity contribution is 0.397. The number of aryl methyl sites for hydroxylation is 1. The number of thiazole rings is 1. The van der Waals surface area contributed by atoms with Crippen LogP contribution >= 0.6 is 11.3 Å². The third-order valence-electron chi connectivity index (χ3n) is 2.77. The molecule has 0 aliphatic rings. The number of methoxy groups -OCH3 is 1. The summed E-state index contributed by atoms with van der Waals surface area (Å²) in [5.74, 6) is 1.35. The number of nitrogens with zero attached hydrogens (tertiary/aromatic N) is 3. The van der Waals surface area contributed by atoms with E-state index in [1.807, 2.05) is 25.3 Å². The van der Waals surface area contributed by atoms with Crippen LogP contribution in [0.15, 0.2) is 29.5 Å². The molecule has 0 bridgehead atoms. The predicted molar refractivity (Wildman–Crippen MR) is 84.7 cm³/mol. The van der Waals surface area contributed by atoms with E-state index in [1.165, 1.54) is 4.88 Å². The van der Waals surface area contributed by atoms with Crippen LogP contribution in [0.4, 0.5) is 0 Å². The van der Waals surface area contributed by atoms with Crippen molar-refractivity contribution < 1.29 is 4.74 Å². The molecule has 0 aromatic carbocycles. The van der Waals surface area contributed by atoms with Crippen molar-refractivity contribution in [2.45, 2.75) is 20.0 Å². The number of aliphatic imine (C=N–C) groups is 1. The summed E-state index contributed by atoms with van der Waals surface area (Å²) in [6.45, 7) is 3.36. The minimum absolute atomic E-state index is 0.611. The van der Waals surface area contributed by atoms with E-state index >= 15 is 0 Å². The van der Waals surface area contributed by atoms with E-state index in [1.54, 1.807) is 31.7 Å². The Morgan fingerprint density at radius 2 is 2.05 bits per heavy atom. The standard InChI is InChI=1S/C14H19N5OS/c1-10-6-17-13(21-10)9-19-14(15-2)18-8-11-4-5-12(20-3)16-7-11/h4-7H,8-9H2,1-3H3,(H2,15,18,19). The first-order valence-corrected chi connectivity index (χ1v) is 7.37. The van der Waals surface area contributed by atoms with Gasteiger partial charge in [0.2, 0.25) is 5.88 Å². The van der Waals surface area contributed by atoms with Gasteiger partial charge in [-0.25, -0.2) is 9.97 Å². The van der Waals surface area contributed by atoms with Gasteiger partial charge in [-0.1, -0.05) is 6.07 Å². The molecule has 112 valence electrons. The van der Waals surface area contributed by atoms with Gasteiger partial charge in [0.25, 0.3) is 0 Å². The maximum absolute atomic E-state index is 5.03. The van der Waals surface area contributed by atoms with Gasteiger partial charge < -0.3 is 15.4 Å². The lowest BCUT2D eigenvalue weighted by atomic mass is 10.3. The molecule has 0 unspecified atom stereocenters. The van der Waals surface area contributed by atoms with Crippen LogP contribution in [0.5, 0.6) is 5.88 Å². The summed E-state index contributed by atoms with van der Waals surface area (Å²) >= 11 is 1.68. The molecule has 2 N–H and O–H groups in total. The Bertz CT molecular complexity index is 594. The fourth-order valence-corrected chi connectivity index (χ4v) is 2.41. The van der Waals surface area contributed by atoms with Gasteiger partial charge in [0.15, 0.2) is 5.96 Å². The molecule has 0 saturated heterocycles. The van der Waals surface area contributed by atoms with Gasteiger partial charge >= 0.3 is 0 Å². The zero-order chi connectivity index (χ0) is 15.1. The summed E-state index contributed by atoms with van der Waals surface area (Å²) in [6, 6.07) is 3.81. The molecule has 2 rings (SSSR count). The molecular weight excluding hydrogens is 286 g/mol. The van der Waals surface area contributed by atoms with Gasteiger partial charge in [-0.3, -0.25) is 4.99 Å². The van der Waals surface area contributed by atoms with Crippen molar-refractivity contribution in [3.8, 4) is 5.88 Å². The number of nitrogens with one attached hydrogen (secondary N) is 2. The van der Waals surface area contributed by atoms with Crippen LogP contribution in [0, 0.1) is 6.92 Å². The van der Waals surface area contributed by atoms with Crippen LogP contribution in [0.2, 0.25) is 0 Å². The highest BCUT2D eigenvalue weighted by atomic mass is 32.1. The molecule has 6 nitrogen and oxygen atoms in total. The first kappa shape index (κ1) is 15.2. The molecule has 0 aliphatic heterocycles. The molecular formula is C14H19N5OS. The van der Waals surface area contributed by atoms with Crippen LogP contribution in [0.1, 0.15) is 15.4 Å². The molecule has 0 radical (unpaired) electrons. The number of hydrogen-bond donors (Lipinski definition) is 2. The van der Waals surface area contributed by atoms with Gasteiger partial charge in [-0.2, -0.15) is 0 Å². The van der Waals surface area contributed by atoms with Gasteiger partial charge in [-0.05, 0) is 12.5 Å². The number of guanidine groups is 1. The minimum Gasteiger partial charge on any atom is -0.481 e. The molecule has 0 saturated carbocycles. The van der Waals surface area contributed by atoms with Crippen molar-refractivity contribution in [1.82, 2.24) is 20.6 Å². The monoisotopic (exact) mass is 305 g/mol. The van der Waals surface area contributed by atoms with Crippen LogP contribution < -0.4 is 15.4 Å². The highest BCUT2D eigenvalue weighted by Crippen LogP contribution is 2.10.